The number of hydrogen-bond acceptors (Lipinski definition) is 2. The summed E-state index contributed by atoms with van der Waals surface area (Å²) in [6, 6.07) is 0. The van der Waals surface area contributed by atoms with E-state index >= 15 is 0 Å². The highest BCUT2D eigenvalue weighted by molar-refractivity contribution is 7.62. The first-order chi connectivity index (χ1) is 4.70. The second kappa shape index (κ2) is 2.62. The van der Waals surface area contributed by atoms with Crippen LogP contribution in [0, 0.1) is 12.3 Å². The zero-order valence-electron chi connectivity index (χ0n) is 5.83. The molecule has 1 atom stereocenters. The largest absolute Gasteiger partial charge is 0.320 e. The molecule has 1 aliphatic rings. The van der Waals surface area contributed by atoms with E-state index in [4.69, 9.17) is 10.9 Å². The van der Waals surface area contributed by atoms with Gasteiger partial charge >= 0.3 is 0 Å². The lowest BCUT2D eigenvalue weighted by atomic mass is 10.3. The van der Waals surface area contributed by atoms with E-state index in [1.165, 1.54) is 0 Å². The number of hydrogen-bond donors (Lipinski definition) is 0. The molecule has 0 saturated heterocycles. The van der Waals surface area contributed by atoms with Crippen molar-refractivity contribution in [3.8, 4) is 12.3 Å². The second-order valence-corrected chi connectivity index (χ2v) is 4.72. The first-order valence-electron chi connectivity index (χ1n) is 3.12. The average Bonchev–Trinajstić information content (AvgIpc) is 2.33. The Morgan fingerprint density at radius 3 is 3.00 bits per heavy atom. The van der Waals surface area contributed by atoms with E-state index in [2.05, 4.69) is 5.92 Å². The maximum Gasteiger partial charge on any atom is 0.226 e. The van der Waals surface area contributed by atoms with E-state index in [1.54, 1.807) is 5.82 Å². The van der Waals surface area contributed by atoms with E-state index in [1.807, 2.05) is 6.92 Å². The molecule has 0 aromatic carbocycles. The lowest BCUT2D eigenvalue weighted by Crippen LogP contribution is -1.84. The highest BCUT2D eigenvalue weighted by Crippen LogP contribution is 2.53. The quantitative estimate of drug-likeness (QED) is 0.427. The molecule has 0 spiro atoms. The summed E-state index contributed by atoms with van der Waals surface area (Å²) in [4.78, 5) is 0. The Balaban J connectivity index is 2.84. The van der Waals surface area contributed by atoms with Crippen molar-refractivity contribution in [3.63, 3.8) is 0 Å². The fourth-order valence-corrected chi connectivity index (χ4v) is 2.17. The third-order valence-corrected chi connectivity index (χ3v) is 3.57. The molecular weight excluding hydrogens is 147 g/mol. The number of rotatable bonds is 1. The van der Waals surface area contributed by atoms with Crippen LogP contribution in [-0.4, -0.2) is 12.8 Å². The molecule has 1 heterocycles. The van der Waals surface area contributed by atoms with Crippen molar-refractivity contribution in [1.29, 1.82) is 0 Å². The maximum absolute atomic E-state index is 11.4. The first kappa shape index (κ1) is 7.60. The minimum atomic E-state index is -2.43. The maximum atomic E-state index is 11.4. The third kappa shape index (κ3) is 1.31. The first-order valence-corrected chi connectivity index (χ1v) is 5.00. The van der Waals surface area contributed by atoms with Crippen molar-refractivity contribution < 1.29 is 9.09 Å². The van der Waals surface area contributed by atoms with E-state index in [-0.39, 0.29) is 0 Å². The summed E-state index contributed by atoms with van der Waals surface area (Å²) in [5.41, 5.74) is 0.713. The van der Waals surface area contributed by atoms with Gasteiger partial charge in [-0.25, -0.2) is 0 Å². The lowest BCUT2D eigenvalue weighted by Gasteiger charge is -2.02. The predicted octanol–water partition coefficient (Wildman–Crippen LogP) is 1.83. The molecule has 2 nitrogen and oxygen atoms in total. The minimum absolute atomic E-state index is 0.349. The van der Waals surface area contributed by atoms with Gasteiger partial charge in [-0.3, -0.25) is 4.57 Å². The van der Waals surface area contributed by atoms with Crippen molar-refractivity contribution in [2.45, 2.75) is 6.92 Å². The van der Waals surface area contributed by atoms with Gasteiger partial charge in [-0.15, -0.1) is 6.42 Å². The van der Waals surface area contributed by atoms with Crippen LogP contribution in [0.15, 0.2) is 11.4 Å². The highest BCUT2D eigenvalue weighted by Gasteiger charge is 2.24. The number of terminal acetylenes is 1. The van der Waals surface area contributed by atoms with Gasteiger partial charge in [0.1, 0.15) is 0 Å². The van der Waals surface area contributed by atoms with Crippen LogP contribution in [0.1, 0.15) is 6.92 Å². The van der Waals surface area contributed by atoms with Crippen LogP contribution in [-0.2, 0) is 9.09 Å². The molecule has 3 heteroatoms. The molecule has 1 aliphatic heterocycles. The van der Waals surface area contributed by atoms with Gasteiger partial charge in [0.2, 0.25) is 7.37 Å². The van der Waals surface area contributed by atoms with Gasteiger partial charge < -0.3 is 4.52 Å². The summed E-state index contributed by atoms with van der Waals surface area (Å²) < 4.78 is 16.4. The molecule has 0 saturated carbocycles. The van der Waals surface area contributed by atoms with Crippen LogP contribution >= 0.6 is 7.37 Å². The van der Waals surface area contributed by atoms with E-state index in [0.717, 1.165) is 0 Å². The molecular formula is C7H9O2P. The lowest BCUT2D eigenvalue weighted by molar-refractivity contribution is 0.367. The molecule has 0 aromatic heterocycles. The Labute approximate surface area is 60.7 Å². The van der Waals surface area contributed by atoms with Crippen LogP contribution in [0.2, 0.25) is 0 Å². The van der Waals surface area contributed by atoms with Crippen molar-refractivity contribution >= 4 is 7.37 Å². The predicted molar refractivity (Wildman–Crippen MR) is 41.0 cm³/mol. The van der Waals surface area contributed by atoms with E-state index < -0.39 is 7.37 Å². The molecule has 0 N–H and O–H groups in total. The van der Waals surface area contributed by atoms with Crippen molar-refractivity contribution in [2.75, 3.05) is 12.8 Å². The highest BCUT2D eigenvalue weighted by atomic mass is 31.2. The van der Waals surface area contributed by atoms with Crippen LogP contribution in [0.25, 0.3) is 0 Å². The summed E-state index contributed by atoms with van der Waals surface area (Å²) in [6.07, 6.45) is 5.63. The van der Waals surface area contributed by atoms with Gasteiger partial charge in [0.25, 0.3) is 0 Å². The van der Waals surface area contributed by atoms with Crippen molar-refractivity contribution in [3.05, 3.63) is 11.4 Å². The normalized spacial score (nSPS) is 31.4. The Morgan fingerprint density at radius 2 is 2.70 bits per heavy atom. The van der Waals surface area contributed by atoms with Crippen molar-refractivity contribution in [2.24, 2.45) is 0 Å². The molecule has 0 aromatic rings. The zero-order valence-corrected chi connectivity index (χ0v) is 6.73. The molecule has 0 amide bonds. The zero-order chi connectivity index (χ0) is 7.61. The third-order valence-electron chi connectivity index (χ3n) is 1.42. The summed E-state index contributed by atoms with van der Waals surface area (Å²) in [5, 5.41) is 0. The van der Waals surface area contributed by atoms with Crippen LogP contribution in [0.5, 0.6) is 0 Å². The van der Waals surface area contributed by atoms with Gasteiger partial charge in [0.15, 0.2) is 0 Å². The molecule has 54 valence electrons. The van der Waals surface area contributed by atoms with Crippen LogP contribution in [0.4, 0.5) is 0 Å². The summed E-state index contributed by atoms with van der Waals surface area (Å²) in [7, 11) is -2.43. The Morgan fingerprint density at radius 1 is 2.00 bits per heavy atom. The van der Waals surface area contributed by atoms with Gasteiger partial charge in [-0.2, -0.15) is 0 Å². The molecule has 1 rings (SSSR count). The van der Waals surface area contributed by atoms with Crippen LogP contribution in [0.3, 0.4) is 0 Å². The van der Waals surface area contributed by atoms with Gasteiger partial charge in [-0.1, -0.05) is 12.8 Å². The topological polar surface area (TPSA) is 26.3 Å². The minimum Gasteiger partial charge on any atom is -0.320 e. The van der Waals surface area contributed by atoms with Crippen molar-refractivity contribution in [1.82, 2.24) is 0 Å². The fraction of sp³-hybridized carbons (Fsp3) is 0.429. The Hall–Kier alpha value is -0.510. The smallest absolute Gasteiger partial charge is 0.226 e. The molecule has 1 unspecified atom stereocenters. The Bertz CT molecular complexity index is 247. The Kier molecular flexibility index (Phi) is 1.99. The summed E-state index contributed by atoms with van der Waals surface area (Å²) in [5.74, 6) is 4.01. The SMILES string of the molecule is C#CC1=CP(=O)(CC)OC1. The monoisotopic (exact) mass is 156 g/mol. The summed E-state index contributed by atoms with van der Waals surface area (Å²) in [6.45, 7) is 2.18. The van der Waals surface area contributed by atoms with E-state index in [9.17, 15) is 4.57 Å². The molecule has 0 fully saturated rings. The molecule has 0 aliphatic carbocycles. The molecule has 0 bridgehead atoms. The van der Waals surface area contributed by atoms with Gasteiger partial charge in [0, 0.05) is 17.6 Å². The summed E-state index contributed by atoms with van der Waals surface area (Å²) >= 11 is 0. The fourth-order valence-electron chi connectivity index (χ4n) is 0.752. The molecule has 0 radical (unpaired) electrons. The molecule has 10 heavy (non-hydrogen) atoms. The van der Waals surface area contributed by atoms with Gasteiger partial charge in [0.05, 0.1) is 6.61 Å². The average molecular weight is 156 g/mol. The van der Waals surface area contributed by atoms with Crippen LogP contribution < -0.4 is 0 Å². The second-order valence-electron chi connectivity index (χ2n) is 2.11. The standard InChI is InChI=1S/C7H9O2P/c1-3-7-5-9-10(8,4-2)6-7/h1,6H,4-5H2,2H3. The van der Waals surface area contributed by atoms with E-state index in [0.29, 0.717) is 18.3 Å². The van der Waals surface area contributed by atoms with Gasteiger partial charge in [-0.05, 0) is 0 Å².